The first kappa shape index (κ1) is 17.1. The Morgan fingerprint density at radius 2 is 1.83 bits per heavy atom. The van der Waals surface area contributed by atoms with Crippen molar-refractivity contribution in [3.05, 3.63) is 59.1 Å². The fraction of sp³-hybridized carbons (Fsp3) is 0.316. The minimum absolute atomic E-state index is 0.136. The first-order valence-corrected chi connectivity index (χ1v) is 9.08. The van der Waals surface area contributed by atoms with Crippen molar-refractivity contribution in [1.29, 1.82) is 0 Å². The third-order valence-electron chi connectivity index (χ3n) is 4.29. The summed E-state index contributed by atoms with van der Waals surface area (Å²) in [5.74, 6) is 0. The molecule has 0 spiro atoms. The number of nitrogens with one attached hydrogen (secondary N) is 2. The van der Waals surface area contributed by atoms with Gasteiger partial charge in [-0.05, 0) is 67.9 Å². The van der Waals surface area contributed by atoms with Crippen LogP contribution in [0.4, 0.5) is 11.4 Å². The largest absolute Gasteiger partial charge is 0.372 e. The van der Waals surface area contributed by atoms with E-state index in [4.69, 9.17) is 23.8 Å². The van der Waals surface area contributed by atoms with Crippen molar-refractivity contribution < 1.29 is 0 Å². The highest BCUT2D eigenvalue weighted by atomic mass is 35.5. The molecular weight excluding hydrogens is 338 g/mol. The van der Waals surface area contributed by atoms with Gasteiger partial charge in [0.2, 0.25) is 0 Å². The summed E-state index contributed by atoms with van der Waals surface area (Å²) >= 11 is 11.4. The van der Waals surface area contributed by atoms with Gasteiger partial charge in [-0.3, -0.25) is 0 Å². The molecule has 1 aliphatic rings. The van der Waals surface area contributed by atoms with Crippen molar-refractivity contribution in [2.24, 2.45) is 0 Å². The van der Waals surface area contributed by atoms with Crippen molar-refractivity contribution in [3.63, 3.8) is 0 Å². The summed E-state index contributed by atoms with van der Waals surface area (Å²) in [6.07, 6.45) is 2.59. The molecule has 1 fully saturated rings. The van der Waals surface area contributed by atoms with Gasteiger partial charge in [0.15, 0.2) is 5.11 Å². The maximum atomic E-state index is 5.99. The van der Waals surface area contributed by atoms with Crippen LogP contribution in [0.5, 0.6) is 0 Å². The molecule has 1 atom stereocenters. The molecule has 1 saturated heterocycles. The second-order valence-electron chi connectivity index (χ2n) is 6.12. The Hall–Kier alpha value is -1.78. The predicted molar refractivity (Wildman–Crippen MR) is 107 cm³/mol. The monoisotopic (exact) mass is 359 g/mol. The van der Waals surface area contributed by atoms with Gasteiger partial charge in [0.25, 0.3) is 0 Å². The van der Waals surface area contributed by atoms with Gasteiger partial charge in [-0.1, -0.05) is 29.8 Å². The van der Waals surface area contributed by atoms with E-state index in [1.54, 1.807) is 0 Å². The second kappa shape index (κ2) is 7.86. The number of nitrogens with zero attached hydrogens (tertiary/aromatic N) is 1. The van der Waals surface area contributed by atoms with Crippen molar-refractivity contribution >= 4 is 40.3 Å². The number of thiocarbonyl (C=S) groups is 1. The Bertz CT molecular complexity index is 696. The minimum atomic E-state index is 0.136. The van der Waals surface area contributed by atoms with Gasteiger partial charge in [-0.15, -0.1) is 0 Å². The maximum absolute atomic E-state index is 5.99. The van der Waals surface area contributed by atoms with E-state index in [9.17, 15) is 0 Å². The molecule has 0 amide bonds. The van der Waals surface area contributed by atoms with Gasteiger partial charge in [-0.2, -0.15) is 0 Å². The Morgan fingerprint density at radius 3 is 2.50 bits per heavy atom. The van der Waals surface area contributed by atoms with E-state index in [1.807, 2.05) is 24.3 Å². The normalized spacial score (nSPS) is 15.2. The van der Waals surface area contributed by atoms with Crippen molar-refractivity contribution in [2.75, 3.05) is 23.3 Å². The highest BCUT2D eigenvalue weighted by Gasteiger charge is 2.13. The van der Waals surface area contributed by atoms with E-state index in [2.05, 4.69) is 46.7 Å². The average Bonchev–Trinajstić information content (AvgIpc) is 3.09. The van der Waals surface area contributed by atoms with E-state index in [0.717, 1.165) is 5.69 Å². The van der Waals surface area contributed by atoms with E-state index < -0.39 is 0 Å². The van der Waals surface area contributed by atoms with E-state index in [1.165, 1.54) is 37.2 Å². The molecule has 3 nitrogen and oxygen atoms in total. The number of anilines is 2. The molecule has 0 bridgehead atoms. The zero-order valence-corrected chi connectivity index (χ0v) is 15.3. The molecule has 1 heterocycles. The van der Waals surface area contributed by atoms with Gasteiger partial charge in [-0.25, -0.2) is 0 Å². The highest BCUT2D eigenvalue weighted by molar-refractivity contribution is 7.80. The lowest BCUT2D eigenvalue weighted by Crippen LogP contribution is -2.30. The SMILES string of the molecule is C[C@@H](NC(=S)Nc1cccc(Cl)c1)c1ccc(N2CCCC2)cc1. The Labute approximate surface area is 154 Å². The third-order valence-corrected chi connectivity index (χ3v) is 4.75. The van der Waals surface area contributed by atoms with Crippen molar-refractivity contribution in [2.45, 2.75) is 25.8 Å². The van der Waals surface area contributed by atoms with Crippen LogP contribution in [0.1, 0.15) is 31.4 Å². The van der Waals surface area contributed by atoms with Crippen LogP contribution in [0.2, 0.25) is 5.02 Å². The molecule has 2 aromatic rings. The summed E-state index contributed by atoms with van der Waals surface area (Å²) in [7, 11) is 0. The maximum Gasteiger partial charge on any atom is 0.171 e. The summed E-state index contributed by atoms with van der Waals surface area (Å²) < 4.78 is 0. The van der Waals surface area contributed by atoms with E-state index in [0.29, 0.717) is 10.1 Å². The predicted octanol–water partition coefficient (Wildman–Crippen LogP) is 4.99. The summed E-state index contributed by atoms with van der Waals surface area (Å²) in [5.41, 5.74) is 3.41. The smallest absolute Gasteiger partial charge is 0.171 e. The van der Waals surface area contributed by atoms with E-state index >= 15 is 0 Å². The summed E-state index contributed by atoms with van der Waals surface area (Å²) in [6.45, 7) is 4.44. The van der Waals surface area contributed by atoms with Gasteiger partial charge in [0.05, 0.1) is 6.04 Å². The molecule has 0 aliphatic carbocycles. The Kier molecular flexibility index (Phi) is 5.59. The van der Waals surface area contributed by atoms with E-state index in [-0.39, 0.29) is 6.04 Å². The summed E-state index contributed by atoms with van der Waals surface area (Å²) in [5, 5.41) is 7.76. The second-order valence-corrected chi connectivity index (χ2v) is 6.96. The molecular formula is C19H22ClN3S. The van der Waals surface area contributed by atoms with Crippen LogP contribution >= 0.6 is 23.8 Å². The van der Waals surface area contributed by atoms with Crippen LogP contribution in [0.3, 0.4) is 0 Å². The molecule has 2 aromatic carbocycles. The average molecular weight is 360 g/mol. The lowest BCUT2D eigenvalue weighted by atomic mass is 10.1. The molecule has 0 aromatic heterocycles. The molecule has 0 unspecified atom stereocenters. The van der Waals surface area contributed by atoms with Crippen molar-refractivity contribution in [1.82, 2.24) is 5.32 Å². The van der Waals surface area contributed by atoms with Crippen molar-refractivity contribution in [3.8, 4) is 0 Å². The zero-order valence-electron chi connectivity index (χ0n) is 13.8. The van der Waals surface area contributed by atoms with Gasteiger partial charge in [0, 0.05) is 29.5 Å². The van der Waals surface area contributed by atoms with Crippen LogP contribution in [0, 0.1) is 0 Å². The number of halogens is 1. The molecule has 24 heavy (non-hydrogen) atoms. The number of benzene rings is 2. The fourth-order valence-electron chi connectivity index (χ4n) is 2.96. The molecule has 1 aliphatic heterocycles. The molecule has 2 N–H and O–H groups in total. The zero-order chi connectivity index (χ0) is 16.9. The topological polar surface area (TPSA) is 27.3 Å². The number of rotatable bonds is 4. The fourth-order valence-corrected chi connectivity index (χ4v) is 3.45. The quantitative estimate of drug-likeness (QED) is 0.752. The van der Waals surface area contributed by atoms with Crippen LogP contribution in [-0.4, -0.2) is 18.2 Å². The van der Waals surface area contributed by atoms with Gasteiger partial charge < -0.3 is 15.5 Å². The first-order valence-electron chi connectivity index (χ1n) is 8.30. The minimum Gasteiger partial charge on any atom is -0.372 e. The van der Waals surface area contributed by atoms with Gasteiger partial charge in [0.1, 0.15) is 0 Å². The highest BCUT2D eigenvalue weighted by Crippen LogP contribution is 2.23. The lowest BCUT2D eigenvalue weighted by molar-refractivity contribution is 0.722. The molecule has 5 heteroatoms. The lowest BCUT2D eigenvalue weighted by Gasteiger charge is -2.20. The Balaban J connectivity index is 1.57. The van der Waals surface area contributed by atoms with Crippen LogP contribution in [0.15, 0.2) is 48.5 Å². The van der Waals surface area contributed by atoms with Crippen LogP contribution < -0.4 is 15.5 Å². The third kappa shape index (κ3) is 4.40. The molecule has 0 saturated carbocycles. The number of hydrogen-bond donors (Lipinski definition) is 2. The van der Waals surface area contributed by atoms with Crippen LogP contribution in [0.25, 0.3) is 0 Å². The summed E-state index contributed by atoms with van der Waals surface area (Å²) in [6, 6.07) is 16.4. The number of hydrogen-bond acceptors (Lipinski definition) is 2. The molecule has 126 valence electrons. The van der Waals surface area contributed by atoms with Gasteiger partial charge >= 0.3 is 0 Å². The first-order chi connectivity index (χ1) is 11.6. The Morgan fingerprint density at radius 1 is 1.12 bits per heavy atom. The van der Waals surface area contributed by atoms with Crippen LogP contribution in [-0.2, 0) is 0 Å². The summed E-state index contributed by atoms with van der Waals surface area (Å²) in [4.78, 5) is 2.44. The molecule has 0 radical (unpaired) electrons. The standard InChI is InChI=1S/C19H22ClN3S/c1-14(21-19(24)22-17-6-4-5-16(20)13-17)15-7-9-18(10-8-15)23-11-2-3-12-23/h4-10,13-14H,2-3,11-12H2,1H3,(H2,21,22,24)/t14-/m1/s1. The molecule has 3 rings (SSSR count).